The van der Waals surface area contributed by atoms with Crippen LogP contribution in [0.15, 0.2) is 40.0 Å². The average Bonchev–Trinajstić information content (AvgIpc) is 2.46. The monoisotopic (exact) mass is 302 g/mol. The van der Waals surface area contributed by atoms with Gasteiger partial charge in [0.25, 0.3) is 11.5 Å². The Morgan fingerprint density at radius 2 is 1.90 bits per heavy atom. The van der Waals surface area contributed by atoms with Crippen molar-refractivity contribution in [3.63, 3.8) is 0 Å². The van der Waals surface area contributed by atoms with E-state index in [9.17, 15) is 9.59 Å². The summed E-state index contributed by atoms with van der Waals surface area (Å²) in [5.74, 6) is -0.179. The normalized spacial score (nSPS) is 10.4. The van der Waals surface area contributed by atoms with Crippen LogP contribution in [0.3, 0.4) is 0 Å². The van der Waals surface area contributed by atoms with Crippen LogP contribution in [0, 0.1) is 13.8 Å². The molecule has 2 rings (SSSR count). The van der Waals surface area contributed by atoms with E-state index < -0.39 is 0 Å². The third-order valence-electron chi connectivity index (χ3n) is 3.27. The van der Waals surface area contributed by atoms with Gasteiger partial charge in [-0.1, -0.05) is 0 Å². The van der Waals surface area contributed by atoms with Crippen molar-refractivity contribution in [2.75, 3.05) is 6.26 Å². The number of carbonyl (C=O) groups excluding carboxylic acids is 1. The van der Waals surface area contributed by atoms with Crippen molar-refractivity contribution in [2.45, 2.75) is 25.3 Å². The molecular weight excluding hydrogens is 284 g/mol. The number of carbonyl (C=O) groups is 1. The van der Waals surface area contributed by atoms with Crippen molar-refractivity contribution < 1.29 is 4.79 Å². The van der Waals surface area contributed by atoms with Gasteiger partial charge in [-0.2, -0.15) is 0 Å². The maximum atomic E-state index is 12.1. The minimum Gasteiger partial charge on any atom is -0.348 e. The van der Waals surface area contributed by atoms with Crippen molar-refractivity contribution in [3.05, 3.63) is 63.1 Å². The summed E-state index contributed by atoms with van der Waals surface area (Å²) in [4.78, 5) is 27.8. The number of rotatable bonds is 4. The summed E-state index contributed by atoms with van der Waals surface area (Å²) in [6.45, 7) is 3.94. The van der Waals surface area contributed by atoms with Crippen LogP contribution in [0.2, 0.25) is 0 Å². The van der Waals surface area contributed by atoms with Gasteiger partial charge in [-0.05, 0) is 56.0 Å². The summed E-state index contributed by atoms with van der Waals surface area (Å²) in [6, 6.07) is 9.28. The molecule has 1 heterocycles. The fourth-order valence-electron chi connectivity index (χ4n) is 2.11. The van der Waals surface area contributed by atoms with Gasteiger partial charge < -0.3 is 10.3 Å². The van der Waals surface area contributed by atoms with Crippen molar-refractivity contribution in [1.29, 1.82) is 0 Å². The molecule has 1 amide bonds. The molecular formula is C16H18N2O2S. The Bertz CT molecular complexity index is 705. The van der Waals surface area contributed by atoms with Crippen LogP contribution in [-0.4, -0.2) is 17.1 Å². The van der Waals surface area contributed by atoms with E-state index in [-0.39, 0.29) is 18.0 Å². The van der Waals surface area contributed by atoms with Crippen LogP contribution >= 0.6 is 11.8 Å². The van der Waals surface area contributed by atoms with Crippen molar-refractivity contribution in [1.82, 2.24) is 10.3 Å². The van der Waals surface area contributed by atoms with E-state index in [0.29, 0.717) is 11.1 Å². The second kappa shape index (κ2) is 6.63. The van der Waals surface area contributed by atoms with Crippen LogP contribution in [0.1, 0.15) is 27.2 Å². The van der Waals surface area contributed by atoms with E-state index in [1.807, 2.05) is 38.3 Å². The fraction of sp³-hybridized carbons (Fsp3) is 0.250. The minimum absolute atomic E-state index is 0.148. The second-order valence-corrected chi connectivity index (χ2v) is 5.73. The summed E-state index contributed by atoms with van der Waals surface area (Å²) in [5, 5.41) is 2.79. The molecule has 0 unspecified atom stereocenters. The number of aromatic amines is 1. The Labute approximate surface area is 128 Å². The van der Waals surface area contributed by atoms with Crippen LogP contribution in [0.25, 0.3) is 0 Å². The zero-order valence-corrected chi connectivity index (χ0v) is 13.1. The number of thioether (sulfide) groups is 1. The van der Waals surface area contributed by atoms with E-state index in [1.54, 1.807) is 23.9 Å². The van der Waals surface area contributed by atoms with Gasteiger partial charge in [-0.25, -0.2) is 0 Å². The number of hydrogen-bond acceptors (Lipinski definition) is 3. The molecule has 0 saturated heterocycles. The molecule has 0 aliphatic carbocycles. The van der Waals surface area contributed by atoms with E-state index >= 15 is 0 Å². The van der Waals surface area contributed by atoms with Gasteiger partial charge in [0.2, 0.25) is 0 Å². The average molecular weight is 302 g/mol. The lowest BCUT2D eigenvalue weighted by Crippen LogP contribution is -2.27. The summed E-state index contributed by atoms with van der Waals surface area (Å²) in [6.07, 6.45) is 1.99. The van der Waals surface area contributed by atoms with Crippen molar-refractivity contribution >= 4 is 17.7 Å². The quantitative estimate of drug-likeness (QED) is 0.854. The van der Waals surface area contributed by atoms with Gasteiger partial charge >= 0.3 is 0 Å². The van der Waals surface area contributed by atoms with E-state index in [2.05, 4.69) is 10.3 Å². The Morgan fingerprint density at radius 1 is 1.24 bits per heavy atom. The number of amides is 1. The molecule has 1 aromatic heterocycles. The van der Waals surface area contributed by atoms with Crippen LogP contribution in [0.5, 0.6) is 0 Å². The standard InChI is InChI=1S/C16H18N2O2S/c1-10-8-11(2)18-16(20)14(10)9-17-15(19)12-4-6-13(21-3)7-5-12/h4-8H,9H2,1-3H3,(H,17,19)(H,18,20). The number of hydrogen-bond donors (Lipinski definition) is 2. The number of benzene rings is 1. The van der Waals surface area contributed by atoms with E-state index in [4.69, 9.17) is 0 Å². The van der Waals surface area contributed by atoms with Crippen LogP contribution in [0.4, 0.5) is 0 Å². The van der Waals surface area contributed by atoms with Gasteiger partial charge in [0.15, 0.2) is 0 Å². The highest BCUT2D eigenvalue weighted by molar-refractivity contribution is 7.98. The molecule has 2 N–H and O–H groups in total. The van der Waals surface area contributed by atoms with Gasteiger partial charge in [-0.3, -0.25) is 9.59 Å². The van der Waals surface area contributed by atoms with Crippen LogP contribution in [-0.2, 0) is 6.54 Å². The molecule has 4 nitrogen and oxygen atoms in total. The maximum Gasteiger partial charge on any atom is 0.253 e. The highest BCUT2D eigenvalue weighted by Crippen LogP contribution is 2.14. The molecule has 0 bridgehead atoms. The first-order valence-corrected chi connectivity index (χ1v) is 7.85. The smallest absolute Gasteiger partial charge is 0.253 e. The first-order chi connectivity index (χ1) is 10.0. The summed E-state index contributed by atoms with van der Waals surface area (Å²) < 4.78 is 0. The SMILES string of the molecule is CSc1ccc(C(=O)NCc2c(C)cc(C)[nH]c2=O)cc1. The summed E-state index contributed by atoms with van der Waals surface area (Å²) in [5.41, 5.74) is 2.74. The topological polar surface area (TPSA) is 62.0 Å². The first-order valence-electron chi connectivity index (χ1n) is 6.63. The van der Waals surface area contributed by atoms with E-state index in [0.717, 1.165) is 16.2 Å². The lowest BCUT2D eigenvalue weighted by atomic mass is 10.1. The lowest BCUT2D eigenvalue weighted by Gasteiger charge is -2.08. The molecule has 0 aliphatic heterocycles. The molecule has 0 spiro atoms. The van der Waals surface area contributed by atoms with Crippen molar-refractivity contribution in [2.24, 2.45) is 0 Å². The van der Waals surface area contributed by atoms with E-state index in [1.165, 1.54) is 0 Å². The lowest BCUT2D eigenvalue weighted by molar-refractivity contribution is 0.0950. The largest absolute Gasteiger partial charge is 0.348 e. The Kier molecular flexibility index (Phi) is 4.85. The Balaban J connectivity index is 2.09. The first kappa shape index (κ1) is 15.4. The number of H-pyrrole nitrogens is 1. The number of pyridine rings is 1. The summed E-state index contributed by atoms with van der Waals surface area (Å²) in [7, 11) is 0. The molecule has 0 fully saturated rings. The Hall–Kier alpha value is -2.01. The molecule has 5 heteroatoms. The van der Waals surface area contributed by atoms with Crippen LogP contribution < -0.4 is 10.9 Å². The van der Waals surface area contributed by atoms with Gasteiger partial charge in [-0.15, -0.1) is 11.8 Å². The number of nitrogens with one attached hydrogen (secondary N) is 2. The third-order valence-corrected chi connectivity index (χ3v) is 4.02. The molecule has 1 aromatic carbocycles. The molecule has 21 heavy (non-hydrogen) atoms. The molecule has 0 aliphatic rings. The fourth-order valence-corrected chi connectivity index (χ4v) is 2.52. The van der Waals surface area contributed by atoms with Gasteiger partial charge in [0.05, 0.1) is 0 Å². The highest BCUT2D eigenvalue weighted by atomic mass is 32.2. The molecule has 2 aromatic rings. The predicted octanol–water partition coefficient (Wildman–Crippen LogP) is 2.64. The second-order valence-electron chi connectivity index (χ2n) is 4.85. The maximum absolute atomic E-state index is 12.1. The predicted molar refractivity (Wildman–Crippen MR) is 85.9 cm³/mol. The minimum atomic E-state index is -0.179. The number of aryl methyl sites for hydroxylation is 2. The molecule has 0 saturated carbocycles. The zero-order chi connectivity index (χ0) is 15.4. The van der Waals surface area contributed by atoms with Gasteiger partial charge in [0.1, 0.15) is 0 Å². The highest BCUT2D eigenvalue weighted by Gasteiger charge is 2.09. The molecule has 110 valence electrons. The third kappa shape index (κ3) is 3.76. The number of aromatic nitrogens is 1. The molecule has 0 atom stereocenters. The Morgan fingerprint density at radius 3 is 2.48 bits per heavy atom. The zero-order valence-electron chi connectivity index (χ0n) is 12.3. The summed E-state index contributed by atoms with van der Waals surface area (Å²) >= 11 is 1.63. The molecule has 0 radical (unpaired) electrons. The van der Waals surface area contributed by atoms with Gasteiger partial charge in [0, 0.05) is 28.3 Å². The van der Waals surface area contributed by atoms with Crippen molar-refractivity contribution in [3.8, 4) is 0 Å².